The minimum atomic E-state index is -1.18. The Hall–Kier alpha value is -5.82. The molecule has 2 unspecified atom stereocenters. The van der Waals surface area contributed by atoms with E-state index in [0.29, 0.717) is 81.2 Å². The van der Waals surface area contributed by atoms with Gasteiger partial charge in [0.1, 0.15) is 34.3 Å². The predicted octanol–water partition coefficient (Wildman–Crippen LogP) is 7.44. The van der Waals surface area contributed by atoms with Crippen molar-refractivity contribution in [3.8, 4) is 5.69 Å². The summed E-state index contributed by atoms with van der Waals surface area (Å²) in [5, 5.41) is 13.2. The van der Waals surface area contributed by atoms with Crippen molar-refractivity contribution in [3.63, 3.8) is 0 Å². The lowest BCUT2D eigenvalue weighted by Gasteiger charge is -2.41. The third-order valence-corrected chi connectivity index (χ3v) is 17.5. The van der Waals surface area contributed by atoms with Crippen LogP contribution in [-0.4, -0.2) is 180 Å². The largest absolute Gasteiger partial charge is 0.444 e. The number of hydrogen-bond donors (Lipinski definition) is 2. The van der Waals surface area contributed by atoms with E-state index < -0.39 is 17.2 Å². The van der Waals surface area contributed by atoms with Crippen LogP contribution >= 0.6 is 46.6 Å². The first-order chi connectivity index (χ1) is 37.1. The number of hydrogen-bond acceptors (Lipinski definition) is 17. The van der Waals surface area contributed by atoms with E-state index in [2.05, 4.69) is 70.4 Å². The normalized spacial score (nSPS) is 17.1. The van der Waals surface area contributed by atoms with E-state index in [9.17, 15) is 19.2 Å². The van der Waals surface area contributed by atoms with E-state index >= 15 is 0 Å². The maximum absolute atomic E-state index is 14.8. The minimum Gasteiger partial charge on any atom is -0.444 e. The topological polar surface area (TPSA) is 209 Å². The molecule has 24 heteroatoms. The first kappa shape index (κ1) is 55.9. The Labute approximate surface area is 466 Å². The number of aryl methyl sites for hydroxylation is 1. The Balaban J connectivity index is 0.678. The lowest BCUT2D eigenvalue weighted by atomic mass is 9.85. The van der Waals surface area contributed by atoms with E-state index in [0.717, 1.165) is 64.1 Å². The number of anilines is 1. The second-order valence-electron chi connectivity index (χ2n) is 20.4. The molecule has 20 nitrogen and oxygen atoms in total. The van der Waals surface area contributed by atoms with Crippen LogP contribution in [0.1, 0.15) is 78.9 Å². The Morgan fingerprint density at radius 3 is 2.45 bits per heavy atom. The summed E-state index contributed by atoms with van der Waals surface area (Å²) in [6, 6.07) is 16.1. The summed E-state index contributed by atoms with van der Waals surface area (Å²) in [6.45, 7) is 13.6. The molecule has 3 fully saturated rings. The highest BCUT2D eigenvalue weighted by Gasteiger charge is 2.55. The molecule has 3 saturated heterocycles. The van der Waals surface area contributed by atoms with Crippen molar-refractivity contribution in [1.29, 1.82) is 0 Å². The Morgan fingerprint density at radius 1 is 0.961 bits per heavy atom. The van der Waals surface area contributed by atoms with Crippen molar-refractivity contribution >= 4 is 87.3 Å². The zero-order valence-corrected chi connectivity index (χ0v) is 47.3. The van der Waals surface area contributed by atoms with E-state index in [-0.39, 0.29) is 42.0 Å². The molecule has 4 amide bonds. The number of aromatic nitrogens is 7. The number of carbonyl (C=O) groups excluding carboxylic acids is 4. The smallest absolute Gasteiger partial charge is 0.408 e. The molecule has 0 saturated carbocycles. The van der Waals surface area contributed by atoms with Crippen LogP contribution in [-0.2, 0) is 29.6 Å². The van der Waals surface area contributed by atoms with Gasteiger partial charge in [-0.2, -0.15) is 0 Å². The highest BCUT2D eigenvalue weighted by molar-refractivity contribution is 8.04. The van der Waals surface area contributed by atoms with Gasteiger partial charge in [-0.15, -0.1) is 10.2 Å². The molecule has 3 aliphatic heterocycles. The zero-order chi connectivity index (χ0) is 54.1. The van der Waals surface area contributed by atoms with Gasteiger partial charge in [0.2, 0.25) is 10.9 Å². The summed E-state index contributed by atoms with van der Waals surface area (Å²) in [5.41, 5.74) is 3.30. The maximum Gasteiger partial charge on any atom is 0.408 e. The van der Waals surface area contributed by atoms with Crippen molar-refractivity contribution < 1.29 is 33.4 Å². The van der Waals surface area contributed by atoms with Gasteiger partial charge >= 0.3 is 6.09 Å². The van der Waals surface area contributed by atoms with Gasteiger partial charge in [0.15, 0.2) is 4.34 Å². The molecule has 0 bridgehead atoms. The molecule has 77 heavy (non-hydrogen) atoms. The summed E-state index contributed by atoms with van der Waals surface area (Å²) < 4.78 is 21.7. The molecule has 9 rings (SSSR count). The number of rotatable bonds is 22. The number of ether oxygens (including phenoxy) is 3. The van der Waals surface area contributed by atoms with Gasteiger partial charge in [-0.1, -0.05) is 52.9 Å². The summed E-state index contributed by atoms with van der Waals surface area (Å²) in [6.07, 6.45) is 9.97. The lowest BCUT2D eigenvalue weighted by molar-refractivity contribution is -0.134. The molecular weight excluding hydrogens is 1060 g/mol. The number of nitrogens with one attached hydrogen (secondary N) is 2. The Kier molecular flexibility index (Phi) is 18.4. The average molecular weight is 1130 g/mol. The first-order valence-electron chi connectivity index (χ1n) is 25.9. The van der Waals surface area contributed by atoms with Crippen molar-refractivity contribution in [2.45, 2.75) is 85.9 Å². The highest BCUT2D eigenvalue weighted by atomic mass is 35.5. The molecule has 0 aliphatic carbocycles. The number of imidazole rings is 1. The third-order valence-electron chi connectivity index (χ3n) is 13.9. The number of H-pyrrole nitrogens is 1. The van der Waals surface area contributed by atoms with Gasteiger partial charge in [-0.3, -0.25) is 23.6 Å². The molecule has 2 N–H and O–H groups in total. The molecule has 7 heterocycles. The van der Waals surface area contributed by atoms with Crippen LogP contribution in [0.5, 0.6) is 0 Å². The number of alkyl carbamates (subject to hydrolysis) is 1. The zero-order valence-electron chi connectivity index (χ0n) is 44.1. The predicted molar refractivity (Wildman–Crippen MR) is 298 cm³/mol. The van der Waals surface area contributed by atoms with Crippen LogP contribution in [0.2, 0.25) is 5.02 Å². The molecule has 410 valence electrons. The standard InChI is InChI=1S/C53H66ClN13O7S3/c1-36-32-40(66-22-18-55-35-66)11-8-38(36)33-75-51-61-60-46(76-51)47(69)62(5)27-29-73-31-30-72-28-14-43(68)64-25-23-63(24-26-64)19-13-41(37-6-9-39(54)10-7-37)48-67(77-48)49(70)53(59-50(71)74-52(2,3)4)15-20-65(21-16-53)45-42-12-17-56-44(42)57-34-58-45/h6-12,17-18,22,32,34-35,41,48H,13-16,19-21,23-31,33H2,1-5H3,(H,59,71)(H,56,57,58). The van der Waals surface area contributed by atoms with Crippen molar-refractivity contribution in [2.24, 2.45) is 0 Å². The summed E-state index contributed by atoms with van der Waals surface area (Å²) in [5.74, 6) is 1.20. The number of fused-ring (bicyclic) bond motifs is 1. The number of carbonyl (C=O) groups is 4. The molecule has 0 spiro atoms. The Bertz CT molecular complexity index is 2960. The van der Waals surface area contributed by atoms with Gasteiger partial charge in [0, 0.05) is 93.8 Å². The van der Waals surface area contributed by atoms with Crippen molar-refractivity contribution in [1.82, 2.24) is 59.0 Å². The van der Waals surface area contributed by atoms with Crippen LogP contribution in [0.3, 0.4) is 0 Å². The third kappa shape index (κ3) is 14.5. The number of aromatic amines is 1. The molecule has 4 aromatic heterocycles. The van der Waals surface area contributed by atoms with E-state index in [4.69, 9.17) is 25.8 Å². The second-order valence-corrected chi connectivity index (χ2v) is 24.1. The number of piperidine rings is 1. The lowest BCUT2D eigenvalue weighted by Crippen LogP contribution is -2.62. The summed E-state index contributed by atoms with van der Waals surface area (Å²) in [4.78, 5) is 78.6. The average Bonchev–Trinajstić information content (AvgIpc) is 3.81. The SMILES string of the molecule is Cc1cc(-n2ccnc2)ccc1CSc1nnc(C(=O)N(C)CCOCCOCCC(=O)N2CCN(CCC(c3ccc(Cl)cc3)C3SN3C(=O)C3(NC(=O)OC(C)(C)C)CCN(c4ncnc5[nH]ccc45)CC3)CC2)s1. The van der Waals surface area contributed by atoms with E-state index in [1.165, 1.54) is 35.2 Å². The number of amides is 4. The van der Waals surface area contributed by atoms with Crippen LogP contribution in [0.4, 0.5) is 10.6 Å². The number of thioether (sulfide) groups is 1. The van der Waals surface area contributed by atoms with E-state index in [1.807, 2.05) is 77.3 Å². The van der Waals surface area contributed by atoms with Crippen LogP contribution in [0, 0.1) is 6.92 Å². The van der Waals surface area contributed by atoms with Gasteiger partial charge in [0.05, 0.1) is 44.6 Å². The molecule has 2 aromatic carbocycles. The molecule has 0 radical (unpaired) electrons. The van der Waals surface area contributed by atoms with Crippen LogP contribution < -0.4 is 10.2 Å². The maximum atomic E-state index is 14.8. The summed E-state index contributed by atoms with van der Waals surface area (Å²) in [7, 11) is 1.72. The summed E-state index contributed by atoms with van der Waals surface area (Å²) >= 11 is 10.7. The fourth-order valence-electron chi connectivity index (χ4n) is 9.54. The van der Waals surface area contributed by atoms with Crippen LogP contribution in [0.25, 0.3) is 16.7 Å². The minimum absolute atomic E-state index is 0.00840. The number of piperazine rings is 1. The molecule has 6 aromatic rings. The van der Waals surface area contributed by atoms with Gasteiger partial charge in [0.25, 0.3) is 11.8 Å². The van der Waals surface area contributed by atoms with Crippen LogP contribution in [0.15, 0.2) is 84.1 Å². The van der Waals surface area contributed by atoms with Gasteiger partial charge in [-0.05, 0) is 112 Å². The monoisotopic (exact) mass is 1130 g/mol. The molecular formula is C53H66ClN13O7S3. The molecule has 2 atom stereocenters. The highest BCUT2D eigenvalue weighted by Crippen LogP contribution is 2.52. The van der Waals surface area contributed by atoms with Gasteiger partial charge < -0.3 is 43.8 Å². The Morgan fingerprint density at radius 2 is 1.73 bits per heavy atom. The number of benzene rings is 2. The van der Waals surface area contributed by atoms with E-state index in [1.54, 1.807) is 36.2 Å². The fourth-order valence-corrected chi connectivity index (χ4v) is 12.7. The van der Waals surface area contributed by atoms with Crippen molar-refractivity contribution in [3.05, 3.63) is 106 Å². The quantitative estimate of drug-likeness (QED) is 0.0293. The second kappa shape index (κ2) is 25.3. The number of halogens is 1. The van der Waals surface area contributed by atoms with Crippen molar-refractivity contribution in [2.75, 3.05) is 90.7 Å². The van der Waals surface area contributed by atoms with Gasteiger partial charge in [-0.25, -0.2) is 19.7 Å². The first-order valence-corrected chi connectivity index (χ1v) is 28.9. The number of likely N-dealkylation sites (N-methyl/N-ethyl adjacent to an activating group) is 1. The fraction of sp³-hybridized carbons (Fsp3) is 0.491. The molecule has 3 aliphatic rings. The number of nitrogens with zero attached hydrogens (tertiary/aromatic N) is 11.